The molecule has 1 aliphatic rings. The van der Waals surface area contributed by atoms with Gasteiger partial charge in [-0.2, -0.15) is 0 Å². The van der Waals surface area contributed by atoms with E-state index in [0.29, 0.717) is 17.6 Å². The van der Waals surface area contributed by atoms with Crippen LogP contribution in [0.1, 0.15) is 18.3 Å². The third kappa shape index (κ3) is 2.39. The molecule has 8 heteroatoms. The lowest BCUT2D eigenvalue weighted by Gasteiger charge is -2.15. The Labute approximate surface area is 126 Å². The van der Waals surface area contributed by atoms with Crippen LogP contribution in [0.15, 0.2) is 25.3 Å². The zero-order valence-corrected chi connectivity index (χ0v) is 11.8. The van der Waals surface area contributed by atoms with Gasteiger partial charge in [-0.05, 0) is 12.8 Å². The molecule has 4 atom stereocenters. The molecular formula is C14H17FN4O3. The minimum Gasteiger partial charge on any atom is -0.394 e. The summed E-state index contributed by atoms with van der Waals surface area (Å²) in [4.78, 5) is 12.6. The van der Waals surface area contributed by atoms with Crippen molar-refractivity contribution in [3.8, 4) is 0 Å². The van der Waals surface area contributed by atoms with E-state index in [9.17, 15) is 9.50 Å². The lowest BCUT2D eigenvalue weighted by Crippen LogP contribution is -2.30. The highest BCUT2D eigenvalue weighted by Gasteiger charge is 2.45. The minimum absolute atomic E-state index is 0.438. The van der Waals surface area contributed by atoms with Gasteiger partial charge in [-0.25, -0.2) is 19.3 Å². The van der Waals surface area contributed by atoms with Crippen LogP contribution in [0, 0.1) is 0 Å². The molecule has 0 spiro atoms. The van der Waals surface area contributed by atoms with E-state index in [0.717, 1.165) is 12.1 Å². The number of aryl methyl sites for hydroxylation is 1. The second kappa shape index (κ2) is 6.07. The summed E-state index contributed by atoms with van der Waals surface area (Å²) in [6.45, 7) is 3.22. The van der Waals surface area contributed by atoms with Crippen molar-refractivity contribution in [2.75, 3.05) is 6.61 Å². The number of ether oxygens (including phenoxy) is 1. The van der Waals surface area contributed by atoms with E-state index >= 15 is 0 Å². The van der Waals surface area contributed by atoms with Crippen LogP contribution >= 0.6 is 0 Å². The number of halogens is 1. The average Bonchev–Trinajstić information content (AvgIpc) is 3.08. The summed E-state index contributed by atoms with van der Waals surface area (Å²) in [5.74, 6) is 0. The Morgan fingerprint density at radius 1 is 1.41 bits per heavy atom. The molecule has 1 fully saturated rings. The van der Waals surface area contributed by atoms with Gasteiger partial charge in [0.15, 0.2) is 18.0 Å². The van der Waals surface area contributed by atoms with Crippen LogP contribution in [0.5, 0.6) is 0 Å². The zero-order valence-electron chi connectivity index (χ0n) is 11.8. The highest BCUT2D eigenvalue weighted by Crippen LogP contribution is 2.33. The quantitative estimate of drug-likeness (QED) is 0.783. The summed E-state index contributed by atoms with van der Waals surface area (Å²) in [6, 6.07) is 0. The first-order chi connectivity index (χ1) is 10.7. The Balaban J connectivity index is 1.97. The van der Waals surface area contributed by atoms with Crippen LogP contribution in [-0.4, -0.2) is 54.7 Å². The molecule has 0 saturated carbocycles. The number of aliphatic hydroxyl groups is 2. The monoisotopic (exact) mass is 308 g/mol. The number of nitrogens with zero attached hydrogens (tertiary/aromatic N) is 4. The summed E-state index contributed by atoms with van der Waals surface area (Å²) in [6.07, 6.45) is 0.920. The Morgan fingerprint density at radius 3 is 2.91 bits per heavy atom. The van der Waals surface area contributed by atoms with E-state index in [1.54, 1.807) is 6.08 Å². The number of allylic oxidation sites excluding steroid dienone is 1. The molecule has 1 aliphatic heterocycles. The van der Waals surface area contributed by atoms with Crippen molar-refractivity contribution in [1.29, 1.82) is 0 Å². The normalized spacial score (nSPS) is 28.3. The minimum atomic E-state index is -1.67. The van der Waals surface area contributed by atoms with Gasteiger partial charge >= 0.3 is 0 Å². The summed E-state index contributed by atoms with van der Waals surface area (Å²) >= 11 is 0. The van der Waals surface area contributed by atoms with Gasteiger partial charge in [-0.1, -0.05) is 6.08 Å². The van der Waals surface area contributed by atoms with E-state index in [4.69, 9.17) is 9.84 Å². The largest absolute Gasteiger partial charge is 0.394 e. The van der Waals surface area contributed by atoms with Crippen molar-refractivity contribution in [3.63, 3.8) is 0 Å². The molecule has 1 saturated heterocycles. The molecular weight excluding hydrogens is 291 g/mol. The van der Waals surface area contributed by atoms with E-state index < -0.39 is 31.2 Å². The topological polar surface area (TPSA) is 93.3 Å². The lowest BCUT2D eigenvalue weighted by atomic mass is 10.1. The van der Waals surface area contributed by atoms with Crippen LogP contribution in [0.4, 0.5) is 4.39 Å². The second-order valence-corrected chi connectivity index (χ2v) is 5.15. The molecule has 1 unspecified atom stereocenters. The zero-order chi connectivity index (χ0) is 15.7. The van der Waals surface area contributed by atoms with Crippen LogP contribution < -0.4 is 0 Å². The summed E-state index contributed by atoms with van der Waals surface area (Å²) < 4.78 is 21.0. The Hall–Kier alpha value is -1.90. The fourth-order valence-electron chi connectivity index (χ4n) is 2.59. The molecule has 0 aromatic carbocycles. The van der Waals surface area contributed by atoms with Gasteiger partial charge in [0, 0.05) is 0 Å². The van der Waals surface area contributed by atoms with E-state index in [1.807, 2.05) is 0 Å². The molecule has 0 amide bonds. The fraction of sp³-hybridized carbons (Fsp3) is 0.500. The number of alkyl halides is 1. The first-order valence-corrected chi connectivity index (χ1v) is 7.03. The Morgan fingerprint density at radius 2 is 2.23 bits per heavy atom. The molecule has 0 bridgehead atoms. The molecule has 22 heavy (non-hydrogen) atoms. The fourth-order valence-corrected chi connectivity index (χ4v) is 2.59. The maximum absolute atomic E-state index is 14.2. The number of hydrogen-bond acceptors (Lipinski definition) is 6. The number of aromatic nitrogens is 4. The van der Waals surface area contributed by atoms with E-state index in [-0.39, 0.29) is 0 Å². The van der Waals surface area contributed by atoms with Gasteiger partial charge in [0.1, 0.15) is 24.1 Å². The van der Waals surface area contributed by atoms with Gasteiger partial charge in [-0.3, -0.25) is 4.57 Å². The van der Waals surface area contributed by atoms with Gasteiger partial charge in [-0.15, -0.1) is 6.58 Å². The van der Waals surface area contributed by atoms with Crippen molar-refractivity contribution in [1.82, 2.24) is 19.5 Å². The summed E-state index contributed by atoms with van der Waals surface area (Å²) in [5.41, 5.74) is 1.76. The Bertz CT molecular complexity index is 677. The lowest BCUT2D eigenvalue weighted by molar-refractivity contribution is -0.0459. The van der Waals surface area contributed by atoms with Crippen molar-refractivity contribution < 1.29 is 19.3 Å². The number of rotatable bonds is 5. The predicted molar refractivity (Wildman–Crippen MR) is 75.7 cm³/mol. The van der Waals surface area contributed by atoms with Crippen LogP contribution in [0.25, 0.3) is 11.2 Å². The molecule has 0 aliphatic carbocycles. The summed E-state index contributed by atoms with van der Waals surface area (Å²) in [7, 11) is 0. The molecule has 118 valence electrons. The van der Waals surface area contributed by atoms with E-state index in [1.165, 1.54) is 17.2 Å². The van der Waals surface area contributed by atoms with Gasteiger partial charge in [0.2, 0.25) is 0 Å². The number of aliphatic hydroxyl groups excluding tert-OH is 2. The van der Waals surface area contributed by atoms with Gasteiger partial charge in [0.05, 0.1) is 18.6 Å². The van der Waals surface area contributed by atoms with E-state index in [2.05, 4.69) is 21.5 Å². The number of hydrogen-bond donors (Lipinski definition) is 2. The predicted octanol–water partition coefficient (Wildman–Crippen LogP) is 0.534. The number of imidazole rings is 1. The van der Waals surface area contributed by atoms with Crippen molar-refractivity contribution >= 4 is 11.2 Å². The average molecular weight is 308 g/mol. The van der Waals surface area contributed by atoms with Crippen LogP contribution in [0.3, 0.4) is 0 Å². The highest BCUT2D eigenvalue weighted by molar-refractivity contribution is 5.73. The van der Waals surface area contributed by atoms with Gasteiger partial charge < -0.3 is 14.9 Å². The second-order valence-electron chi connectivity index (χ2n) is 5.15. The van der Waals surface area contributed by atoms with Crippen molar-refractivity contribution in [2.24, 2.45) is 0 Å². The smallest absolute Gasteiger partial charge is 0.173 e. The number of fused-ring (bicyclic) bond motifs is 1. The molecule has 2 aromatic heterocycles. The van der Waals surface area contributed by atoms with Crippen molar-refractivity contribution in [3.05, 3.63) is 31.0 Å². The molecule has 7 nitrogen and oxygen atoms in total. The Kier molecular flexibility index (Phi) is 4.14. The maximum Gasteiger partial charge on any atom is 0.173 e. The molecule has 2 N–H and O–H groups in total. The standard InChI is InChI=1S/C14H17FN4O3/c1-2-3-4-8-11-13(17-6-16-8)19(7-18-11)14-10(15)12(21)9(5-20)22-14/h2,6-7,9-10,12,14,20-21H,1,3-5H2/t9-,10-,12-,14?/m1/s1. The highest BCUT2D eigenvalue weighted by atomic mass is 19.1. The van der Waals surface area contributed by atoms with Crippen LogP contribution in [-0.2, 0) is 11.2 Å². The molecule has 3 rings (SSSR count). The summed E-state index contributed by atoms with van der Waals surface area (Å²) in [5, 5.41) is 18.8. The first kappa shape index (κ1) is 15.0. The molecule has 3 heterocycles. The van der Waals surface area contributed by atoms with Gasteiger partial charge in [0.25, 0.3) is 0 Å². The third-order valence-corrected chi connectivity index (χ3v) is 3.77. The first-order valence-electron chi connectivity index (χ1n) is 7.03. The van der Waals surface area contributed by atoms with Crippen molar-refractivity contribution in [2.45, 2.75) is 37.4 Å². The van der Waals surface area contributed by atoms with Crippen LogP contribution in [0.2, 0.25) is 0 Å². The molecule has 0 radical (unpaired) electrons. The third-order valence-electron chi connectivity index (χ3n) is 3.77. The SMILES string of the molecule is C=CCCc1ncnc2c1ncn2C1O[C@H](CO)[C@@H](O)[C@H]1F. The maximum atomic E-state index is 14.2. The molecule has 2 aromatic rings.